The Morgan fingerprint density at radius 2 is 1.71 bits per heavy atom. The fourth-order valence-corrected chi connectivity index (χ4v) is 4.49. The van der Waals surface area contributed by atoms with E-state index < -0.39 is 6.10 Å². The minimum atomic E-state index is -0.512. The van der Waals surface area contributed by atoms with Gasteiger partial charge in [-0.15, -0.1) is 0 Å². The molecule has 1 atom stereocenters. The maximum atomic E-state index is 9.90. The Morgan fingerprint density at radius 1 is 0.971 bits per heavy atom. The standard InChI is InChI=1S/C27H30N4O2.C2H6/c1-19(32)22-3-2-4-23(15-22)26-17-29-31-18-24(16-28-27(26)31)21-7-5-20(6-8-21)9-12-30-13-10-25(33)11-14-30;1-2/h2-8,15-19,25,32-33H,9-14H2,1H3;1-2H3. The Morgan fingerprint density at radius 3 is 2.43 bits per heavy atom. The van der Waals surface area contributed by atoms with Crippen molar-refractivity contribution in [2.24, 2.45) is 0 Å². The zero-order valence-electron chi connectivity index (χ0n) is 20.9. The zero-order chi connectivity index (χ0) is 24.8. The highest BCUT2D eigenvalue weighted by molar-refractivity contribution is 5.78. The van der Waals surface area contributed by atoms with Crippen LogP contribution in [-0.4, -0.2) is 55.4 Å². The highest BCUT2D eigenvalue weighted by atomic mass is 16.3. The summed E-state index contributed by atoms with van der Waals surface area (Å²) >= 11 is 0. The van der Waals surface area contributed by atoms with Gasteiger partial charge in [-0.2, -0.15) is 5.10 Å². The van der Waals surface area contributed by atoms with Crippen molar-refractivity contribution < 1.29 is 10.2 Å². The lowest BCUT2D eigenvalue weighted by Gasteiger charge is -2.29. The van der Waals surface area contributed by atoms with Crippen LogP contribution in [0.25, 0.3) is 27.9 Å². The molecular formula is C29H36N4O2. The van der Waals surface area contributed by atoms with E-state index in [0.717, 1.165) is 72.4 Å². The first-order valence-electron chi connectivity index (χ1n) is 12.7. The van der Waals surface area contributed by atoms with E-state index in [0.29, 0.717) is 0 Å². The van der Waals surface area contributed by atoms with Crippen LogP contribution in [0.1, 0.15) is 50.8 Å². The van der Waals surface area contributed by atoms with Gasteiger partial charge >= 0.3 is 0 Å². The normalized spacial score (nSPS) is 15.6. The van der Waals surface area contributed by atoms with E-state index in [1.807, 2.05) is 61.2 Å². The van der Waals surface area contributed by atoms with Gasteiger partial charge in [-0.1, -0.05) is 56.3 Å². The SMILES string of the molecule is CC.CC(O)c1cccc(-c2cnn3cc(-c4ccc(CCN5CCC(O)CC5)cc4)cnc23)c1. The van der Waals surface area contributed by atoms with E-state index in [-0.39, 0.29) is 6.10 Å². The lowest BCUT2D eigenvalue weighted by Crippen LogP contribution is -2.37. The third-order valence-electron chi connectivity index (χ3n) is 6.60. The van der Waals surface area contributed by atoms with Crippen LogP contribution in [0.2, 0.25) is 0 Å². The smallest absolute Gasteiger partial charge is 0.162 e. The van der Waals surface area contributed by atoms with E-state index in [2.05, 4.69) is 34.3 Å². The summed E-state index contributed by atoms with van der Waals surface area (Å²) in [6, 6.07) is 16.6. The number of hydrogen-bond acceptors (Lipinski definition) is 5. The van der Waals surface area contributed by atoms with Gasteiger partial charge in [0.25, 0.3) is 0 Å². The van der Waals surface area contributed by atoms with Crippen LogP contribution in [-0.2, 0) is 6.42 Å². The summed E-state index contributed by atoms with van der Waals surface area (Å²) in [6.07, 6.45) is 7.89. The van der Waals surface area contributed by atoms with Crippen molar-refractivity contribution >= 4 is 5.65 Å². The van der Waals surface area contributed by atoms with Crippen molar-refractivity contribution in [1.29, 1.82) is 0 Å². The first kappa shape index (κ1) is 25.0. The zero-order valence-corrected chi connectivity index (χ0v) is 20.9. The number of aliphatic hydroxyl groups excluding tert-OH is 2. The summed E-state index contributed by atoms with van der Waals surface area (Å²) in [6.45, 7) is 8.77. The summed E-state index contributed by atoms with van der Waals surface area (Å²) < 4.78 is 1.82. The van der Waals surface area contributed by atoms with E-state index in [1.165, 1.54) is 5.56 Å². The van der Waals surface area contributed by atoms with Gasteiger partial charge in [-0.25, -0.2) is 9.50 Å². The molecule has 35 heavy (non-hydrogen) atoms. The molecule has 1 aliphatic heterocycles. The molecule has 0 bridgehead atoms. The summed E-state index contributed by atoms with van der Waals surface area (Å²) in [7, 11) is 0. The number of nitrogens with zero attached hydrogens (tertiary/aromatic N) is 4. The van der Waals surface area contributed by atoms with Gasteiger partial charge in [0, 0.05) is 43.2 Å². The van der Waals surface area contributed by atoms with E-state index in [1.54, 1.807) is 6.92 Å². The first-order chi connectivity index (χ1) is 17.1. The minimum Gasteiger partial charge on any atom is -0.393 e. The molecule has 184 valence electrons. The van der Waals surface area contributed by atoms with Crippen molar-refractivity contribution in [2.75, 3.05) is 19.6 Å². The van der Waals surface area contributed by atoms with Gasteiger partial charge in [0.2, 0.25) is 0 Å². The highest BCUT2D eigenvalue weighted by Crippen LogP contribution is 2.28. The molecular weight excluding hydrogens is 436 g/mol. The van der Waals surface area contributed by atoms with E-state index in [9.17, 15) is 10.2 Å². The van der Waals surface area contributed by atoms with Gasteiger partial charge in [0.05, 0.1) is 18.4 Å². The van der Waals surface area contributed by atoms with E-state index in [4.69, 9.17) is 4.98 Å². The number of likely N-dealkylation sites (tertiary alicyclic amines) is 1. The predicted octanol–water partition coefficient (Wildman–Crippen LogP) is 5.14. The molecule has 1 unspecified atom stereocenters. The molecule has 6 nitrogen and oxygen atoms in total. The molecule has 0 spiro atoms. The molecule has 2 N–H and O–H groups in total. The number of hydrogen-bond donors (Lipinski definition) is 2. The van der Waals surface area contributed by atoms with Crippen LogP contribution in [0.15, 0.2) is 67.1 Å². The molecule has 3 heterocycles. The molecule has 1 aliphatic rings. The van der Waals surface area contributed by atoms with Crippen molar-refractivity contribution in [3.8, 4) is 22.3 Å². The number of aromatic nitrogens is 3. The number of piperidine rings is 1. The average molecular weight is 473 g/mol. The van der Waals surface area contributed by atoms with Gasteiger partial charge in [-0.3, -0.25) is 0 Å². The Labute approximate surface area is 207 Å². The fourth-order valence-electron chi connectivity index (χ4n) is 4.49. The third-order valence-corrected chi connectivity index (χ3v) is 6.60. The Hall–Kier alpha value is -3.06. The highest BCUT2D eigenvalue weighted by Gasteiger charge is 2.16. The monoisotopic (exact) mass is 472 g/mol. The molecule has 5 rings (SSSR count). The second-order valence-corrected chi connectivity index (χ2v) is 8.99. The van der Waals surface area contributed by atoms with Crippen molar-refractivity contribution in [2.45, 2.75) is 52.2 Å². The molecule has 0 radical (unpaired) electrons. The van der Waals surface area contributed by atoms with Crippen LogP contribution < -0.4 is 0 Å². The van der Waals surface area contributed by atoms with Crippen molar-refractivity contribution in [3.05, 3.63) is 78.2 Å². The summed E-state index contributed by atoms with van der Waals surface area (Å²) in [4.78, 5) is 7.14. The Balaban J connectivity index is 0.00000141. The van der Waals surface area contributed by atoms with Gasteiger partial charge in [0.1, 0.15) is 0 Å². The molecule has 1 fully saturated rings. The fraction of sp³-hybridized carbons (Fsp3) is 0.379. The molecule has 6 heteroatoms. The third kappa shape index (κ3) is 5.96. The molecule has 4 aromatic rings. The summed E-state index contributed by atoms with van der Waals surface area (Å²) in [5.74, 6) is 0. The second kappa shape index (κ2) is 11.6. The van der Waals surface area contributed by atoms with Crippen LogP contribution in [0.3, 0.4) is 0 Å². The molecule has 0 amide bonds. The molecule has 1 saturated heterocycles. The van der Waals surface area contributed by atoms with Crippen molar-refractivity contribution in [1.82, 2.24) is 19.5 Å². The Bertz CT molecular complexity index is 1230. The van der Waals surface area contributed by atoms with Crippen LogP contribution in [0.4, 0.5) is 0 Å². The maximum Gasteiger partial charge on any atom is 0.162 e. The minimum absolute atomic E-state index is 0.119. The summed E-state index contributed by atoms with van der Waals surface area (Å²) in [5, 5.41) is 24.1. The van der Waals surface area contributed by atoms with Gasteiger partial charge in [0.15, 0.2) is 5.65 Å². The lowest BCUT2D eigenvalue weighted by atomic mass is 10.0. The van der Waals surface area contributed by atoms with Crippen LogP contribution >= 0.6 is 0 Å². The second-order valence-electron chi connectivity index (χ2n) is 8.99. The lowest BCUT2D eigenvalue weighted by molar-refractivity contribution is 0.0832. The van der Waals surface area contributed by atoms with Gasteiger partial charge < -0.3 is 15.1 Å². The number of rotatable bonds is 6. The largest absolute Gasteiger partial charge is 0.393 e. The summed E-state index contributed by atoms with van der Waals surface area (Å²) in [5.41, 5.74) is 7.07. The predicted molar refractivity (Wildman–Crippen MR) is 141 cm³/mol. The van der Waals surface area contributed by atoms with E-state index >= 15 is 0 Å². The molecule has 2 aromatic heterocycles. The van der Waals surface area contributed by atoms with Crippen molar-refractivity contribution in [3.63, 3.8) is 0 Å². The average Bonchev–Trinajstić information content (AvgIpc) is 3.33. The number of benzene rings is 2. The maximum absolute atomic E-state index is 9.90. The quantitative estimate of drug-likeness (QED) is 0.406. The molecule has 0 saturated carbocycles. The first-order valence-corrected chi connectivity index (χ1v) is 12.7. The topological polar surface area (TPSA) is 73.9 Å². The van der Waals surface area contributed by atoms with Gasteiger partial charge in [-0.05, 0) is 54.5 Å². The molecule has 0 aliphatic carbocycles. The number of aliphatic hydroxyl groups is 2. The van der Waals surface area contributed by atoms with Crippen LogP contribution in [0.5, 0.6) is 0 Å². The van der Waals surface area contributed by atoms with Crippen LogP contribution in [0, 0.1) is 0 Å². The molecule has 2 aromatic carbocycles. The Kier molecular flexibility index (Phi) is 8.29. The number of fused-ring (bicyclic) bond motifs is 1.